The van der Waals surface area contributed by atoms with Crippen LogP contribution in [0.15, 0.2) is 42.7 Å². The van der Waals surface area contributed by atoms with E-state index in [2.05, 4.69) is 55.0 Å². The predicted molar refractivity (Wildman–Crippen MR) is 101 cm³/mol. The van der Waals surface area contributed by atoms with Gasteiger partial charge in [0.25, 0.3) is 0 Å². The van der Waals surface area contributed by atoms with Gasteiger partial charge in [-0.3, -0.25) is 4.79 Å². The molecule has 3 rings (SSSR count). The minimum absolute atomic E-state index is 0.0432. The molecule has 0 saturated carbocycles. The summed E-state index contributed by atoms with van der Waals surface area (Å²) in [5, 5.41) is 0. The highest BCUT2D eigenvalue weighted by molar-refractivity contribution is 5.79. The van der Waals surface area contributed by atoms with E-state index in [-0.39, 0.29) is 17.4 Å². The van der Waals surface area contributed by atoms with Gasteiger partial charge in [-0.25, -0.2) is 9.97 Å². The number of likely N-dealkylation sites (tertiary alicyclic amines) is 1. The van der Waals surface area contributed by atoms with Crippen molar-refractivity contribution in [2.24, 2.45) is 0 Å². The average Bonchev–Trinajstić information content (AvgIpc) is 2.62. The number of amides is 1. The largest absolute Gasteiger partial charge is 0.458 e. The summed E-state index contributed by atoms with van der Waals surface area (Å²) in [4.78, 5) is 22.8. The summed E-state index contributed by atoms with van der Waals surface area (Å²) in [5.74, 6) is 0.149. The second-order valence-electron chi connectivity index (χ2n) is 7.88. The molecule has 138 valence electrons. The Hall–Kier alpha value is -2.43. The molecule has 1 atom stereocenters. The van der Waals surface area contributed by atoms with Crippen molar-refractivity contribution >= 4 is 5.91 Å². The number of carbonyl (C=O) groups is 1. The fraction of sp³-hybridized carbons (Fsp3) is 0.476. The monoisotopic (exact) mass is 353 g/mol. The molecule has 1 aromatic carbocycles. The summed E-state index contributed by atoms with van der Waals surface area (Å²) in [5.41, 5.74) is 2.46. The minimum atomic E-state index is -0.0432. The quantitative estimate of drug-likeness (QED) is 0.845. The number of ether oxygens (including phenoxy) is 1. The number of carbonyl (C=O) groups excluding carboxylic acids is 1. The maximum Gasteiger partial charge on any atom is 0.316 e. The van der Waals surface area contributed by atoms with Gasteiger partial charge in [-0.05, 0) is 35.4 Å². The molecule has 5 heteroatoms. The molecule has 1 amide bonds. The zero-order chi connectivity index (χ0) is 18.6. The van der Waals surface area contributed by atoms with E-state index in [1.54, 1.807) is 18.5 Å². The number of aromatic nitrogens is 2. The molecule has 0 spiro atoms. The topological polar surface area (TPSA) is 55.3 Å². The molecular formula is C21H27N3O2. The smallest absolute Gasteiger partial charge is 0.316 e. The van der Waals surface area contributed by atoms with Crippen molar-refractivity contribution < 1.29 is 9.53 Å². The molecule has 1 saturated heterocycles. The van der Waals surface area contributed by atoms with Crippen LogP contribution in [0, 0.1) is 0 Å². The van der Waals surface area contributed by atoms with Gasteiger partial charge in [-0.15, -0.1) is 0 Å². The van der Waals surface area contributed by atoms with Crippen LogP contribution in [0.1, 0.15) is 44.7 Å². The second-order valence-corrected chi connectivity index (χ2v) is 7.88. The van der Waals surface area contributed by atoms with E-state index in [1.165, 1.54) is 5.56 Å². The van der Waals surface area contributed by atoms with Crippen LogP contribution >= 0.6 is 0 Å². The van der Waals surface area contributed by atoms with Gasteiger partial charge in [0.2, 0.25) is 5.91 Å². The van der Waals surface area contributed by atoms with E-state index in [0.29, 0.717) is 19.0 Å². The standard InChI is InChI=1S/C21H27N3O2/c1-21(2,3)17-9-7-16(8-10-17)14-19(25)24-13-4-6-18(15-24)26-20-22-11-5-12-23-20/h5,7-12,18H,4,6,13-15H2,1-3H3. The first-order valence-electron chi connectivity index (χ1n) is 9.23. The van der Waals surface area contributed by atoms with Crippen LogP contribution in [0.25, 0.3) is 0 Å². The Kier molecular flexibility index (Phi) is 5.55. The maximum atomic E-state index is 12.7. The molecule has 0 bridgehead atoms. The van der Waals surface area contributed by atoms with Crippen molar-refractivity contribution in [1.29, 1.82) is 0 Å². The molecule has 0 N–H and O–H groups in total. The van der Waals surface area contributed by atoms with Crippen molar-refractivity contribution in [2.45, 2.75) is 51.6 Å². The molecule has 0 aliphatic carbocycles. The van der Waals surface area contributed by atoms with E-state index in [4.69, 9.17) is 4.74 Å². The molecule has 5 nitrogen and oxygen atoms in total. The number of hydrogen-bond donors (Lipinski definition) is 0. The lowest BCUT2D eigenvalue weighted by molar-refractivity contribution is -0.133. The zero-order valence-electron chi connectivity index (χ0n) is 15.8. The Balaban J connectivity index is 1.57. The summed E-state index contributed by atoms with van der Waals surface area (Å²) in [6.45, 7) is 7.96. The lowest BCUT2D eigenvalue weighted by atomic mass is 9.86. The molecule has 1 fully saturated rings. The van der Waals surface area contributed by atoms with Gasteiger partial charge in [0.05, 0.1) is 13.0 Å². The van der Waals surface area contributed by atoms with Crippen LogP contribution in [-0.4, -0.2) is 40.0 Å². The van der Waals surface area contributed by atoms with E-state index >= 15 is 0 Å². The highest BCUT2D eigenvalue weighted by Gasteiger charge is 2.25. The number of piperidine rings is 1. The molecular weight excluding hydrogens is 326 g/mol. The van der Waals surface area contributed by atoms with Gasteiger partial charge in [0.1, 0.15) is 6.10 Å². The first-order valence-corrected chi connectivity index (χ1v) is 9.23. The van der Waals surface area contributed by atoms with Crippen LogP contribution in [-0.2, 0) is 16.6 Å². The summed E-state index contributed by atoms with van der Waals surface area (Å²) in [6, 6.07) is 10.5. The predicted octanol–water partition coefficient (Wildman–Crippen LogP) is 3.39. The Labute approximate surface area is 155 Å². The van der Waals surface area contributed by atoms with Crippen molar-refractivity contribution in [2.75, 3.05) is 13.1 Å². The van der Waals surface area contributed by atoms with Crippen molar-refractivity contribution in [3.05, 3.63) is 53.9 Å². The Morgan fingerprint density at radius 2 is 1.88 bits per heavy atom. The fourth-order valence-corrected chi connectivity index (χ4v) is 3.17. The van der Waals surface area contributed by atoms with E-state index < -0.39 is 0 Å². The normalized spacial score (nSPS) is 17.8. The summed E-state index contributed by atoms with van der Waals surface area (Å²) >= 11 is 0. The Bertz CT molecular complexity index is 723. The molecule has 2 heterocycles. The SMILES string of the molecule is CC(C)(C)c1ccc(CC(=O)N2CCCC(Oc3ncccn3)C2)cc1. The summed E-state index contributed by atoms with van der Waals surface area (Å²) in [7, 11) is 0. The first-order chi connectivity index (χ1) is 12.4. The van der Waals surface area contributed by atoms with Gasteiger partial charge in [0, 0.05) is 18.9 Å². The van der Waals surface area contributed by atoms with Gasteiger partial charge < -0.3 is 9.64 Å². The van der Waals surface area contributed by atoms with Crippen LogP contribution in [0.2, 0.25) is 0 Å². The van der Waals surface area contributed by atoms with Gasteiger partial charge in [-0.2, -0.15) is 0 Å². The average molecular weight is 353 g/mol. The van der Waals surface area contributed by atoms with Crippen LogP contribution in [0.4, 0.5) is 0 Å². The van der Waals surface area contributed by atoms with E-state index in [9.17, 15) is 4.79 Å². The third-order valence-electron chi connectivity index (χ3n) is 4.72. The number of hydrogen-bond acceptors (Lipinski definition) is 4. The highest BCUT2D eigenvalue weighted by atomic mass is 16.5. The lowest BCUT2D eigenvalue weighted by Crippen LogP contribution is -2.45. The first kappa shape index (κ1) is 18.4. The molecule has 1 aliphatic heterocycles. The molecule has 1 aliphatic rings. The Morgan fingerprint density at radius 3 is 2.54 bits per heavy atom. The van der Waals surface area contributed by atoms with Gasteiger partial charge in [-0.1, -0.05) is 45.0 Å². The summed E-state index contributed by atoms with van der Waals surface area (Å²) in [6.07, 6.45) is 5.57. The number of benzene rings is 1. The third kappa shape index (κ3) is 4.81. The highest BCUT2D eigenvalue weighted by Crippen LogP contribution is 2.23. The van der Waals surface area contributed by atoms with Crippen LogP contribution in [0.5, 0.6) is 6.01 Å². The second kappa shape index (κ2) is 7.85. The third-order valence-corrected chi connectivity index (χ3v) is 4.72. The molecule has 2 aromatic rings. The molecule has 1 aromatic heterocycles. The van der Waals surface area contributed by atoms with Crippen LogP contribution in [0.3, 0.4) is 0 Å². The molecule has 26 heavy (non-hydrogen) atoms. The van der Waals surface area contributed by atoms with E-state index in [0.717, 1.165) is 24.9 Å². The van der Waals surface area contributed by atoms with Gasteiger partial charge in [0.15, 0.2) is 0 Å². The van der Waals surface area contributed by atoms with Crippen molar-refractivity contribution in [3.8, 4) is 6.01 Å². The molecule has 1 unspecified atom stereocenters. The van der Waals surface area contributed by atoms with Crippen molar-refractivity contribution in [3.63, 3.8) is 0 Å². The maximum absolute atomic E-state index is 12.7. The lowest BCUT2D eigenvalue weighted by Gasteiger charge is -2.32. The zero-order valence-corrected chi connectivity index (χ0v) is 15.8. The van der Waals surface area contributed by atoms with Crippen LogP contribution < -0.4 is 4.74 Å². The van der Waals surface area contributed by atoms with Crippen molar-refractivity contribution in [1.82, 2.24) is 14.9 Å². The molecule has 0 radical (unpaired) electrons. The number of nitrogens with zero attached hydrogens (tertiary/aromatic N) is 3. The summed E-state index contributed by atoms with van der Waals surface area (Å²) < 4.78 is 5.82. The number of rotatable bonds is 4. The fourth-order valence-electron chi connectivity index (χ4n) is 3.17. The van der Waals surface area contributed by atoms with E-state index in [1.807, 2.05) is 4.90 Å². The van der Waals surface area contributed by atoms with Gasteiger partial charge >= 0.3 is 6.01 Å². The minimum Gasteiger partial charge on any atom is -0.458 e. The Morgan fingerprint density at radius 1 is 1.19 bits per heavy atom.